The summed E-state index contributed by atoms with van der Waals surface area (Å²) in [5, 5.41) is 3.10. The van der Waals surface area contributed by atoms with Crippen molar-refractivity contribution >= 4 is 11.6 Å². The molecule has 1 heterocycles. The standard InChI is InChI=1S/C16H25N3O/c1-2-7-15(17)16(20)18-13-8-6-11-19(12-13)14-9-4-3-5-10-14/h3-5,9-10,13,15H,2,6-8,11-12,17H2,1H3,(H,18,20). The van der Waals surface area contributed by atoms with E-state index in [0.29, 0.717) is 0 Å². The maximum absolute atomic E-state index is 12.0. The predicted molar refractivity (Wildman–Crippen MR) is 82.7 cm³/mol. The SMILES string of the molecule is CCCC(N)C(=O)NC1CCCN(c2ccccc2)C1. The number of anilines is 1. The number of carbonyl (C=O) groups excluding carboxylic acids is 1. The summed E-state index contributed by atoms with van der Waals surface area (Å²) in [5.41, 5.74) is 7.09. The van der Waals surface area contributed by atoms with E-state index in [1.165, 1.54) is 5.69 Å². The van der Waals surface area contributed by atoms with Crippen LogP contribution in [-0.2, 0) is 4.79 Å². The van der Waals surface area contributed by atoms with Gasteiger partial charge in [0, 0.05) is 24.8 Å². The first-order valence-corrected chi connectivity index (χ1v) is 7.56. The van der Waals surface area contributed by atoms with Gasteiger partial charge < -0.3 is 16.0 Å². The molecule has 4 nitrogen and oxygen atoms in total. The second-order valence-corrected chi connectivity index (χ2v) is 5.52. The van der Waals surface area contributed by atoms with Crippen LogP contribution >= 0.6 is 0 Å². The Morgan fingerprint density at radius 3 is 2.90 bits per heavy atom. The van der Waals surface area contributed by atoms with Crippen LogP contribution < -0.4 is 16.0 Å². The molecule has 0 aromatic heterocycles. The Morgan fingerprint density at radius 2 is 2.20 bits per heavy atom. The van der Waals surface area contributed by atoms with Crippen molar-refractivity contribution in [2.45, 2.75) is 44.7 Å². The molecule has 0 bridgehead atoms. The number of nitrogens with two attached hydrogens (primary N) is 1. The van der Waals surface area contributed by atoms with Crippen LogP contribution in [0.25, 0.3) is 0 Å². The maximum Gasteiger partial charge on any atom is 0.237 e. The molecule has 1 aromatic carbocycles. The van der Waals surface area contributed by atoms with Gasteiger partial charge in [-0.15, -0.1) is 0 Å². The highest BCUT2D eigenvalue weighted by Crippen LogP contribution is 2.19. The van der Waals surface area contributed by atoms with Crippen molar-refractivity contribution in [3.05, 3.63) is 30.3 Å². The molecule has 0 spiro atoms. The Bertz CT molecular complexity index is 421. The van der Waals surface area contributed by atoms with Gasteiger partial charge in [0.05, 0.1) is 6.04 Å². The highest BCUT2D eigenvalue weighted by molar-refractivity contribution is 5.81. The van der Waals surface area contributed by atoms with Crippen LogP contribution in [0.1, 0.15) is 32.6 Å². The second-order valence-electron chi connectivity index (χ2n) is 5.52. The number of benzene rings is 1. The first-order valence-electron chi connectivity index (χ1n) is 7.56. The van der Waals surface area contributed by atoms with E-state index in [9.17, 15) is 4.79 Å². The van der Waals surface area contributed by atoms with Crippen molar-refractivity contribution in [1.82, 2.24) is 5.32 Å². The lowest BCUT2D eigenvalue weighted by Gasteiger charge is -2.35. The molecule has 20 heavy (non-hydrogen) atoms. The quantitative estimate of drug-likeness (QED) is 0.863. The molecule has 2 unspecified atom stereocenters. The molecule has 3 N–H and O–H groups in total. The molecular formula is C16H25N3O. The molecule has 1 aromatic rings. The first-order chi connectivity index (χ1) is 9.70. The fraction of sp³-hybridized carbons (Fsp3) is 0.562. The molecule has 0 saturated carbocycles. The average molecular weight is 275 g/mol. The summed E-state index contributed by atoms with van der Waals surface area (Å²) in [4.78, 5) is 14.3. The zero-order valence-corrected chi connectivity index (χ0v) is 12.2. The lowest BCUT2D eigenvalue weighted by molar-refractivity contribution is -0.123. The number of rotatable bonds is 5. The minimum atomic E-state index is -0.368. The molecule has 1 saturated heterocycles. The highest BCUT2D eigenvalue weighted by atomic mass is 16.2. The summed E-state index contributed by atoms with van der Waals surface area (Å²) in [5.74, 6) is -0.00763. The van der Waals surface area contributed by atoms with Gasteiger partial charge in [0.25, 0.3) is 0 Å². The van der Waals surface area contributed by atoms with E-state index < -0.39 is 0 Å². The summed E-state index contributed by atoms with van der Waals surface area (Å²) in [6.45, 7) is 3.97. The summed E-state index contributed by atoms with van der Waals surface area (Å²) < 4.78 is 0. The number of piperidine rings is 1. The van der Waals surface area contributed by atoms with Crippen molar-refractivity contribution in [3.8, 4) is 0 Å². The van der Waals surface area contributed by atoms with Gasteiger partial charge >= 0.3 is 0 Å². The normalized spacial score (nSPS) is 20.5. The lowest BCUT2D eigenvalue weighted by atomic mass is 10.0. The van der Waals surface area contributed by atoms with Gasteiger partial charge in [-0.25, -0.2) is 0 Å². The number of amides is 1. The van der Waals surface area contributed by atoms with Crippen LogP contribution in [0.5, 0.6) is 0 Å². The molecule has 1 aliphatic heterocycles. The van der Waals surface area contributed by atoms with Gasteiger partial charge in [0.1, 0.15) is 0 Å². The highest BCUT2D eigenvalue weighted by Gasteiger charge is 2.23. The Hall–Kier alpha value is -1.55. The third-order valence-electron chi connectivity index (χ3n) is 3.83. The van der Waals surface area contributed by atoms with E-state index in [0.717, 1.165) is 38.8 Å². The Balaban J connectivity index is 1.89. The van der Waals surface area contributed by atoms with Crippen molar-refractivity contribution < 1.29 is 4.79 Å². The number of nitrogens with one attached hydrogen (secondary N) is 1. The summed E-state index contributed by atoms with van der Waals surface area (Å²) in [6, 6.07) is 10.2. The number of carbonyl (C=O) groups is 1. The van der Waals surface area contributed by atoms with Crippen LogP contribution in [0, 0.1) is 0 Å². The van der Waals surface area contributed by atoms with Gasteiger partial charge in [-0.2, -0.15) is 0 Å². The van der Waals surface area contributed by atoms with Gasteiger partial charge in [-0.05, 0) is 31.4 Å². The third-order valence-corrected chi connectivity index (χ3v) is 3.83. The zero-order valence-electron chi connectivity index (χ0n) is 12.2. The minimum Gasteiger partial charge on any atom is -0.369 e. The summed E-state index contributed by atoms with van der Waals surface area (Å²) >= 11 is 0. The van der Waals surface area contributed by atoms with E-state index >= 15 is 0 Å². The van der Waals surface area contributed by atoms with E-state index in [1.54, 1.807) is 0 Å². The molecule has 110 valence electrons. The molecule has 0 radical (unpaired) electrons. The maximum atomic E-state index is 12.0. The van der Waals surface area contributed by atoms with Crippen molar-refractivity contribution in [2.24, 2.45) is 5.73 Å². The van der Waals surface area contributed by atoms with Crippen LogP contribution in [0.2, 0.25) is 0 Å². The second kappa shape index (κ2) is 7.29. The fourth-order valence-electron chi connectivity index (χ4n) is 2.72. The smallest absolute Gasteiger partial charge is 0.237 e. The molecule has 2 rings (SSSR count). The van der Waals surface area contributed by atoms with Crippen LogP contribution in [0.4, 0.5) is 5.69 Å². The molecular weight excluding hydrogens is 250 g/mol. The fourth-order valence-corrected chi connectivity index (χ4v) is 2.72. The van der Waals surface area contributed by atoms with E-state index in [-0.39, 0.29) is 18.0 Å². The monoisotopic (exact) mass is 275 g/mol. The first kappa shape index (κ1) is 14.9. The van der Waals surface area contributed by atoms with Gasteiger partial charge in [-0.3, -0.25) is 4.79 Å². The van der Waals surface area contributed by atoms with Gasteiger partial charge in [0.2, 0.25) is 5.91 Å². The predicted octanol–water partition coefficient (Wildman–Crippen LogP) is 1.90. The van der Waals surface area contributed by atoms with Gasteiger partial charge in [0.15, 0.2) is 0 Å². The van der Waals surface area contributed by atoms with Crippen LogP contribution in [0.3, 0.4) is 0 Å². The number of nitrogens with zero attached hydrogens (tertiary/aromatic N) is 1. The van der Waals surface area contributed by atoms with Crippen molar-refractivity contribution in [1.29, 1.82) is 0 Å². The minimum absolute atomic E-state index is 0.00763. The van der Waals surface area contributed by atoms with E-state index in [2.05, 4.69) is 34.5 Å². The van der Waals surface area contributed by atoms with Crippen LogP contribution in [-0.4, -0.2) is 31.1 Å². The molecule has 0 aliphatic carbocycles. The molecule has 2 atom stereocenters. The van der Waals surface area contributed by atoms with Crippen molar-refractivity contribution in [2.75, 3.05) is 18.0 Å². The van der Waals surface area contributed by atoms with Crippen molar-refractivity contribution in [3.63, 3.8) is 0 Å². The topological polar surface area (TPSA) is 58.4 Å². The Labute approximate surface area is 121 Å². The molecule has 1 aliphatic rings. The number of hydrogen-bond acceptors (Lipinski definition) is 3. The molecule has 1 amide bonds. The molecule has 4 heteroatoms. The average Bonchev–Trinajstić information content (AvgIpc) is 2.48. The summed E-state index contributed by atoms with van der Waals surface area (Å²) in [7, 11) is 0. The summed E-state index contributed by atoms with van der Waals surface area (Å²) in [6.07, 6.45) is 3.83. The number of para-hydroxylation sites is 1. The third kappa shape index (κ3) is 3.97. The van der Waals surface area contributed by atoms with Gasteiger partial charge in [-0.1, -0.05) is 31.5 Å². The van der Waals surface area contributed by atoms with Crippen LogP contribution in [0.15, 0.2) is 30.3 Å². The van der Waals surface area contributed by atoms with E-state index in [1.807, 2.05) is 13.0 Å². The number of hydrogen-bond donors (Lipinski definition) is 2. The lowest BCUT2D eigenvalue weighted by Crippen LogP contribution is -2.52. The Kier molecular flexibility index (Phi) is 5.41. The van der Waals surface area contributed by atoms with E-state index in [4.69, 9.17) is 5.73 Å². The zero-order chi connectivity index (χ0) is 14.4. The molecule has 1 fully saturated rings. The largest absolute Gasteiger partial charge is 0.369 e. The Morgan fingerprint density at radius 1 is 1.45 bits per heavy atom.